The molecule has 1 heterocycles. The van der Waals surface area contributed by atoms with Gasteiger partial charge in [0.15, 0.2) is 6.10 Å². The zero-order chi connectivity index (χ0) is 27.7. The van der Waals surface area contributed by atoms with Crippen LogP contribution in [-0.2, 0) is 11.4 Å². The van der Waals surface area contributed by atoms with E-state index < -0.39 is 6.10 Å². The van der Waals surface area contributed by atoms with Crippen LogP contribution in [-0.4, -0.2) is 28.0 Å². The van der Waals surface area contributed by atoms with Crippen molar-refractivity contribution in [3.05, 3.63) is 132 Å². The van der Waals surface area contributed by atoms with Gasteiger partial charge in [-0.1, -0.05) is 78.4 Å². The molecule has 1 amide bonds. The number of para-hydroxylation sites is 1. The smallest absolute Gasteiger partial charge is 0.280 e. The van der Waals surface area contributed by atoms with E-state index in [0.717, 1.165) is 39.4 Å². The van der Waals surface area contributed by atoms with Gasteiger partial charge < -0.3 is 9.47 Å². The average Bonchev–Trinajstić information content (AvgIpc) is 3.42. The third-order valence-electron chi connectivity index (χ3n) is 6.22. The van der Waals surface area contributed by atoms with E-state index in [1.54, 1.807) is 30.0 Å². The standard InChI is InChI=1S/C33H30N4O3/c1-24-13-15-27(16-14-24)32-28(22-37(36-32)29-11-7-4-8-12-29)21-34-35-33(38)25(2)40-31-19-17-30(18-20-31)39-23-26-9-5-3-6-10-26/h3-22,25H,23H2,1-2H3,(H,35,38). The Bertz CT molecular complexity index is 1560. The molecule has 1 atom stereocenters. The minimum atomic E-state index is -0.753. The minimum Gasteiger partial charge on any atom is -0.489 e. The van der Waals surface area contributed by atoms with E-state index in [0.29, 0.717) is 12.4 Å². The monoisotopic (exact) mass is 530 g/mol. The number of hydrogen-bond donors (Lipinski definition) is 1. The largest absolute Gasteiger partial charge is 0.489 e. The highest BCUT2D eigenvalue weighted by Gasteiger charge is 2.15. The molecule has 0 bridgehead atoms. The summed E-state index contributed by atoms with van der Waals surface area (Å²) in [7, 11) is 0. The predicted molar refractivity (Wildman–Crippen MR) is 157 cm³/mol. The maximum Gasteiger partial charge on any atom is 0.280 e. The van der Waals surface area contributed by atoms with Gasteiger partial charge in [0.2, 0.25) is 0 Å². The highest BCUT2D eigenvalue weighted by atomic mass is 16.5. The fourth-order valence-electron chi connectivity index (χ4n) is 4.00. The fourth-order valence-corrected chi connectivity index (χ4v) is 4.00. The number of carbonyl (C=O) groups is 1. The molecule has 4 aromatic carbocycles. The van der Waals surface area contributed by atoms with Gasteiger partial charge in [-0.3, -0.25) is 4.79 Å². The summed E-state index contributed by atoms with van der Waals surface area (Å²) in [6, 6.07) is 35.1. The lowest BCUT2D eigenvalue weighted by atomic mass is 10.1. The van der Waals surface area contributed by atoms with Crippen molar-refractivity contribution in [1.82, 2.24) is 15.2 Å². The van der Waals surface area contributed by atoms with E-state index >= 15 is 0 Å². The van der Waals surface area contributed by atoms with Crippen LogP contribution < -0.4 is 14.9 Å². The summed E-state index contributed by atoms with van der Waals surface area (Å²) in [6.07, 6.45) is 2.74. The number of amides is 1. The quantitative estimate of drug-likeness (QED) is 0.169. The van der Waals surface area contributed by atoms with Crippen molar-refractivity contribution < 1.29 is 14.3 Å². The summed E-state index contributed by atoms with van der Waals surface area (Å²) in [6.45, 7) is 4.20. The first-order chi connectivity index (χ1) is 19.5. The molecule has 0 saturated carbocycles. The highest BCUT2D eigenvalue weighted by molar-refractivity contribution is 5.90. The van der Waals surface area contributed by atoms with Crippen molar-refractivity contribution in [1.29, 1.82) is 0 Å². The summed E-state index contributed by atoms with van der Waals surface area (Å²) in [5.41, 5.74) is 8.26. The van der Waals surface area contributed by atoms with Gasteiger partial charge in [-0.05, 0) is 55.8 Å². The number of aryl methyl sites for hydroxylation is 1. The number of aromatic nitrogens is 2. The van der Waals surface area contributed by atoms with E-state index in [2.05, 4.69) is 10.5 Å². The minimum absolute atomic E-state index is 0.368. The number of hydrazone groups is 1. The van der Waals surface area contributed by atoms with E-state index in [1.807, 2.05) is 110 Å². The molecule has 0 aliphatic heterocycles. The normalized spacial score (nSPS) is 11.8. The number of ether oxygens (including phenoxy) is 2. The zero-order valence-corrected chi connectivity index (χ0v) is 22.4. The van der Waals surface area contributed by atoms with Crippen LogP contribution in [0.3, 0.4) is 0 Å². The molecule has 1 unspecified atom stereocenters. The Morgan fingerprint density at radius 2 is 1.55 bits per heavy atom. The first-order valence-corrected chi connectivity index (χ1v) is 13.0. The Balaban J connectivity index is 1.21. The molecule has 40 heavy (non-hydrogen) atoms. The van der Waals surface area contributed by atoms with Gasteiger partial charge >= 0.3 is 0 Å². The van der Waals surface area contributed by atoms with Crippen LogP contribution in [0.25, 0.3) is 16.9 Å². The molecule has 7 heteroatoms. The van der Waals surface area contributed by atoms with Crippen molar-refractivity contribution in [3.63, 3.8) is 0 Å². The molecule has 7 nitrogen and oxygen atoms in total. The summed E-state index contributed by atoms with van der Waals surface area (Å²) in [5, 5.41) is 8.99. The van der Waals surface area contributed by atoms with E-state index in [1.165, 1.54) is 0 Å². The molecule has 5 aromatic rings. The first-order valence-electron chi connectivity index (χ1n) is 13.0. The maximum atomic E-state index is 12.7. The van der Waals surface area contributed by atoms with Crippen molar-refractivity contribution in [2.24, 2.45) is 5.10 Å². The van der Waals surface area contributed by atoms with Gasteiger partial charge in [0.1, 0.15) is 23.8 Å². The Morgan fingerprint density at radius 1 is 0.900 bits per heavy atom. The second-order valence-corrected chi connectivity index (χ2v) is 9.32. The Labute approximate surface area is 233 Å². The third kappa shape index (κ3) is 6.82. The van der Waals surface area contributed by atoms with E-state index in [4.69, 9.17) is 14.6 Å². The molecule has 0 fully saturated rings. The van der Waals surface area contributed by atoms with Gasteiger partial charge in [-0.25, -0.2) is 10.1 Å². The summed E-state index contributed by atoms with van der Waals surface area (Å²) in [5.74, 6) is 0.913. The number of nitrogens with zero attached hydrogens (tertiary/aromatic N) is 3. The van der Waals surface area contributed by atoms with Crippen molar-refractivity contribution in [2.75, 3.05) is 0 Å². The second-order valence-electron chi connectivity index (χ2n) is 9.32. The summed E-state index contributed by atoms with van der Waals surface area (Å²) >= 11 is 0. The molecule has 0 aliphatic rings. The molecule has 1 aromatic heterocycles. The fraction of sp³-hybridized carbons (Fsp3) is 0.121. The van der Waals surface area contributed by atoms with Crippen LogP contribution in [0.4, 0.5) is 0 Å². The van der Waals surface area contributed by atoms with Crippen LogP contribution in [0.15, 0.2) is 120 Å². The molecule has 0 radical (unpaired) electrons. The van der Waals surface area contributed by atoms with E-state index in [9.17, 15) is 4.79 Å². The highest BCUT2D eigenvalue weighted by Crippen LogP contribution is 2.23. The van der Waals surface area contributed by atoms with E-state index in [-0.39, 0.29) is 5.91 Å². The number of rotatable bonds is 10. The molecule has 0 spiro atoms. The number of nitrogens with one attached hydrogen (secondary N) is 1. The molecule has 1 N–H and O–H groups in total. The third-order valence-corrected chi connectivity index (χ3v) is 6.22. The Morgan fingerprint density at radius 3 is 2.25 bits per heavy atom. The molecular formula is C33H30N4O3. The van der Waals surface area contributed by atoms with Gasteiger partial charge in [-0.15, -0.1) is 0 Å². The first kappa shape index (κ1) is 26.4. The summed E-state index contributed by atoms with van der Waals surface area (Å²) in [4.78, 5) is 12.7. The van der Waals surface area contributed by atoms with Crippen molar-refractivity contribution in [2.45, 2.75) is 26.6 Å². The average molecular weight is 531 g/mol. The van der Waals surface area contributed by atoms with Crippen LogP contribution in [0.5, 0.6) is 11.5 Å². The molecular weight excluding hydrogens is 500 g/mol. The predicted octanol–water partition coefficient (Wildman–Crippen LogP) is 6.34. The Kier molecular flexibility index (Phi) is 8.32. The SMILES string of the molecule is Cc1ccc(-c2nn(-c3ccccc3)cc2C=NNC(=O)C(C)Oc2ccc(OCc3ccccc3)cc2)cc1. The lowest BCUT2D eigenvalue weighted by molar-refractivity contribution is -0.127. The molecule has 5 rings (SSSR count). The number of benzene rings is 4. The van der Waals surface area contributed by atoms with Gasteiger partial charge in [0.25, 0.3) is 5.91 Å². The number of hydrogen-bond acceptors (Lipinski definition) is 5. The van der Waals surface area contributed by atoms with Crippen molar-refractivity contribution in [3.8, 4) is 28.4 Å². The van der Waals surface area contributed by atoms with Crippen molar-refractivity contribution >= 4 is 12.1 Å². The van der Waals surface area contributed by atoms with Crippen LogP contribution in [0.2, 0.25) is 0 Å². The zero-order valence-electron chi connectivity index (χ0n) is 22.4. The molecule has 0 saturated heterocycles. The lowest BCUT2D eigenvalue weighted by Gasteiger charge is -2.13. The van der Waals surface area contributed by atoms with Crippen LogP contribution in [0.1, 0.15) is 23.6 Å². The maximum absolute atomic E-state index is 12.7. The molecule has 0 aliphatic carbocycles. The van der Waals surface area contributed by atoms with Gasteiger partial charge in [0, 0.05) is 17.3 Å². The molecule has 200 valence electrons. The summed E-state index contributed by atoms with van der Waals surface area (Å²) < 4.78 is 13.4. The second kappa shape index (κ2) is 12.6. The topological polar surface area (TPSA) is 77.7 Å². The lowest BCUT2D eigenvalue weighted by Crippen LogP contribution is -2.33. The van der Waals surface area contributed by atoms with Crippen LogP contribution in [0, 0.1) is 6.92 Å². The van der Waals surface area contributed by atoms with Gasteiger partial charge in [0.05, 0.1) is 11.9 Å². The van der Waals surface area contributed by atoms with Crippen LogP contribution >= 0.6 is 0 Å². The number of carbonyl (C=O) groups excluding carboxylic acids is 1. The van der Waals surface area contributed by atoms with Gasteiger partial charge in [-0.2, -0.15) is 10.2 Å². The Hall–Kier alpha value is -5.17.